The monoisotopic (exact) mass is 264 g/mol. The van der Waals surface area contributed by atoms with Crippen LogP contribution in [0.3, 0.4) is 0 Å². The normalized spacial score (nSPS) is 10.4. The summed E-state index contributed by atoms with van der Waals surface area (Å²) in [6, 6.07) is 3.67. The van der Waals surface area contributed by atoms with Gasteiger partial charge >= 0.3 is 6.03 Å². The van der Waals surface area contributed by atoms with Gasteiger partial charge in [-0.2, -0.15) is 0 Å². The van der Waals surface area contributed by atoms with Gasteiger partial charge in [0.05, 0.1) is 11.9 Å². The van der Waals surface area contributed by atoms with Crippen molar-refractivity contribution in [1.29, 1.82) is 0 Å². The third kappa shape index (κ3) is 5.59. The average molecular weight is 264 g/mol. The van der Waals surface area contributed by atoms with E-state index in [1.165, 1.54) is 6.42 Å². The minimum Gasteiger partial charge on any atom is -0.373 e. The number of unbranched alkanes of at least 4 members (excludes halogenated alkanes) is 1. The summed E-state index contributed by atoms with van der Waals surface area (Å²) in [6.07, 6.45) is 4.11. The minimum atomic E-state index is -0.227. The van der Waals surface area contributed by atoms with Crippen LogP contribution in [0.2, 0.25) is 0 Å². The number of rotatable bonds is 6. The molecule has 0 aliphatic heterocycles. The summed E-state index contributed by atoms with van der Waals surface area (Å²) in [5.41, 5.74) is 1.06. The fourth-order valence-corrected chi connectivity index (χ4v) is 1.62. The lowest BCUT2D eigenvalue weighted by atomic mass is 10.3. The van der Waals surface area contributed by atoms with E-state index < -0.39 is 0 Å². The molecule has 1 rings (SSSR count). The van der Waals surface area contributed by atoms with Crippen molar-refractivity contribution in [2.45, 2.75) is 39.7 Å². The number of carbonyl (C=O) groups excluding carboxylic acids is 1. The molecule has 0 aromatic carbocycles. The van der Waals surface area contributed by atoms with E-state index in [0.717, 1.165) is 18.7 Å². The van der Waals surface area contributed by atoms with Crippen molar-refractivity contribution in [2.75, 3.05) is 23.8 Å². The SMILES string of the molecule is CCCCN(C)c1ccc(NC(=O)NC(C)C)nc1. The van der Waals surface area contributed by atoms with Crippen LogP contribution in [0, 0.1) is 0 Å². The Morgan fingerprint density at radius 1 is 1.42 bits per heavy atom. The summed E-state index contributed by atoms with van der Waals surface area (Å²) in [5, 5.41) is 5.46. The first kappa shape index (κ1) is 15.3. The fraction of sp³-hybridized carbons (Fsp3) is 0.571. The van der Waals surface area contributed by atoms with Gasteiger partial charge in [-0.3, -0.25) is 5.32 Å². The highest BCUT2D eigenvalue weighted by Crippen LogP contribution is 2.14. The van der Waals surface area contributed by atoms with E-state index in [4.69, 9.17) is 0 Å². The van der Waals surface area contributed by atoms with E-state index in [9.17, 15) is 4.79 Å². The van der Waals surface area contributed by atoms with Crippen LogP contribution >= 0.6 is 0 Å². The van der Waals surface area contributed by atoms with E-state index in [2.05, 4.69) is 27.4 Å². The molecule has 0 saturated carbocycles. The van der Waals surface area contributed by atoms with Gasteiger partial charge in [0, 0.05) is 19.6 Å². The third-order valence-corrected chi connectivity index (χ3v) is 2.70. The molecule has 0 fully saturated rings. The Kier molecular flexibility index (Phi) is 6.12. The van der Waals surface area contributed by atoms with Gasteiger partial charge in [0.2, 0.25) is 0 Å². The minimum absolute atomic E-state index is 0.111. The van der Waals surface area contributed by atoms with Crippen molar-refractivity contribution >= 4 is 17.5 Å². The van der Waals surface area contributed by atoms with Crippen LogP contribution in [0.25, 0.3) is 0 Å². The summed E-state index contributed by atoms with van der Waals surface area (Å²) >= 11 is 0. The fourth-order valence-electron chi connectivity index (χ4n) is 1.62. The number of hydrogen-bond donors (Lipinski definition) is 2. The third-order valence-electron chi connectivity index (χ3n) is 2.70. The van der Waals surface area contributed by atoms with Crippen LogP contribution < -0.4 is 15.5 Å². The van der Waals surface area contributed by atoms with Gasteiger partial charge in [-0.1, -0.05) is 13.3 Å². The second-order valence-electron chi connectivity index (χ2n) is 4.93. The first-order valence-corrected chi connectivity index (χ1v) is 6.77. The van der Waals surface area contributed by atoms with Gasteiger partial charge in [0.15, 0.2) is 0 Å². The standard InChI is InChI=1S/C14H24N4O/c1-5-6-9-18(4)12-7-8-13(15-10-12)17-14(19)16-11(2)3/h7-8,10-11H,5-6,9H2,1-4H3,(H2,15,16,17,19). The predicted molar refractivity (Wildman–Crippen MR) is 79.7 cm³/mol. The van der Waals surface area contributed by atoms with Crippen LogP contribution in [-0.2, 0) is 0 Å². The second kappa shape index (κ2) is 7.61. The molecule has 5 heteroatoms. The summed E-state index contributed by atoms with van der Waals surface area (Å²) in [5.74, 6) is 0.561. The Bertz CT molecular complexity index is 389. The first-order chi connectivity index (χ1) is 9.02. The van der Waals surface area contributed by atoms with Crippen LogP contribution in [0.15, 0.2) is 18.3 Å². The van der Waals surface area contributed by atoms with Crippen molar-refractivity contribution in [3.05, 3.63) is 18.3 Å². The van der Waals surface area contributed by atoms with Crippen LogP contribution in [0.5, 0.6) is 0 Å². The molecule has 2 amide bonds. The maximum absolute atomic E-state index is 11.5. The van der Waals surface area contributed by atoms with Crippen molar-refractivity contribution in [3.63, 3.8) is 0 Å². The van der Waals surface area contributed by atoms with Crippen LogP contribution in [-0.4, -0.2) is 30.6 Å². The van der Waals surface area contributed by atoms with Gasteiger partial charge in [0.25, 0.3) is 0 Å². The Morgan fingerprint density at radius 3 is 2.68 bits per heavy atom. The topological polar surface area (TPSA) is 57.3 Å². The number of carbonyl (C=O) groups is 1. The molecule has 2 N–H and O–H groups in total. The number of pyridine rings is 1. The Balaban J connectivity index is 2.53. The molecule has 0 unspecified atom stereocenters. The molecule has 0 atom stereocenters. The van der Waals surface area contributed by atoms with E-state index >= 15 is 0 Å². The van der Waals surface area contributed by atoms with E-state index in [0.29, 0.717) is 5.82 Å². The molecule has 0 bridgehead atoms. The lowest BCUT2D eigenvalue weighted by Crippen LogP contribution is -2.34. The zero-order valence-electron chi connectivity index (χ0n) is 12.2. The molecule has 0 saturated heterocycles. The largest absolute Gasteiger partial charge is 0.373 e. The molecule has 1 aromatic heterocycles. The lowest BCUT2D eigenvalue weighted by molar-refractivity contribution is 0.250. The van der Waals surface area contributed by atoms with Gasteiger partial charge in [-0.05, 0) is 32.4 Å². The highest BCUT2D eigenvalue weighted by molar-refractivity contribution is 5.88. The smallest absolute Gasteiger partial charge is 0.320 e. The summed E-state index contributed by atoms with van der Waals surface area (Å²) < 4.78 is 0. The molecule has 106 valence electrons. The molecule has 19 heavy (non-hydrogen) atoms. The molecule has 0 radical (unpaired) electrons. The molecule has 5 nitrogen and oxygen atoms in total. The van der Waals surface area contributed by atoms with Gasteiger partial charge < -0.3 is 10.2 Å². The summed E-state index contributed by atoms with van der Waals surface area (Å²) in [7, 11) is 2.05. The molecular formula is C14H24N4O. The van der Waals surface area contributed by atoms with Crippen molar-refractivity contribution in [1.82, 2.24) is 10.3 Å². The van der Waals surface area contributed by atoms with E-state index in [1.54, 1.807) is 6.20 Å². The van der Waals surface area contributed by atoms with Crippen molar-refractivity contribution < 1.29 is 4.79 Å². The van der Waals surface area contributed by atoms with Crippen molar-refractivity contribution in [2.24, 2.45) is 0 Å². The maximum atomic E-state index is 11.5. The molecule has 0 aliphatic carbocycles. The van der Waals surface area contributed by atoms with Crippen LogP contribution in [0.4, 0.5) is 16.3 Å². The number of nitrogens with one attached hydrogen (secondary N) is 2. The molecule has 1 heterocycles. The number of anilines is 2. The number of aromatic nitrogens is 1. The van der Waals surface area contributed by atoms with Crippen molar-refractivity contribution in [3.8, 4) is 0 Å². The number of urea groups is 1. The predicted octanol–water partition coefficient (Wildman–Crippen LogP) is 2.85. The van der Waals surface area contributed by atoms with Gasteiger partial charge in [-0.25, -0.2) is 9.78 Å². The van der Waals surface area contributed by atoms with Gasteiger partial charge in [0.1, 0.15) is 5.82 Å². The van der Waals surface area contributed by atoms with Crippen LogP contribution in [0.1, 0.15) is 33.6 Å². The molecular weight excluding hydrogens is 240 g/mol. The lowest BCUT2D eigenvalue weighted by Gasteiger charge is -2.18. The second-order valence-corrected chi connectivity index (χ2v) is 4.93. The Morgan fingerprint density at radius 2 is 2.16 bits per heavy atom. The van der Waals surface area contributed by atoms with Gasteiger partial charge in [-0.15, -0.1) is 0 Å². The maximum Gasteiger partial charge on any atom is 0.320 e. The zero-order chi connectivity index (χ0) is 14.3. The number of amides is 2. The molecule has 1 aromatic rings. The Labute approximate surface area is 115 Å². The highest BCUT2D eigenvalue weighted by Gasteiger charge is 2.05. The van der Waals surface area contributed by atoms with E-state index in [1.807, 2.05) is 33.0 Å². The number of hydrogen-bond acceptors (Lipinski definition) is 3. The number of nitrogens with zero attached hydrogens (tertiary/aromatic N) is 2. The summed E-state index contributed by atoms with van der Waals surface area (Å²) in [4.78, 5) is 17.9. The zero-order valence-corrected chi connectivity index (χ0v) is 12.2. The summed E-state index contributed by atoms with van der Waals surface area (Å²) in [6.45, 7) is 7.02. The average Bonchev–Trinajstić information content (AvgIpc) is 2.35. The molecule has 0 spiro atoms. The van der Waals surface area contributed by atoms with E-state index in [-0.39, 0.29) is 12.1 Å². The first-order valence-electron chi connectivity index (χ1n) is 6.77. The highest BCUT2D eigenvalue weighted by atomic mass is 16.2. The Hall–Kier alpha value is -1.78. The molecule has 0 aliphatic rings. The quantitative estimate of drug-likeness (QED) is 0.830.